The fourth-order valence-corrected chi connectivity index (χ4v) is 16.7. The normalized spacial score (nSPS) is 30.5. The molecule has 2 aromatic carbocycles. The molecule has 76 heavy (non-hydrogen) atoms. The average molecular weight is 1120 g/mol. The van der Waals surface area contributed by atoms with Gasteiger partial charge in [-0.1, -0.05) is 101 Å². The van der Waals surface area contributed by atoms with Crippen molar-refractivity contribution < 1.29 is 28.8 Å². The zero-order valence-corrected chi connectivity index (χ0v) is 48.6. The molecule has 7 aliphatic rings. The van der Waals surface area contributed by atoms with Gasteiger partial charge in [-0.15, -0.1) is 23.5 Å². The van der Waals surface area contributed by atoms with Gasteiger partial charge in [0.1, 0.15) is 24.2 Å². The molecular formula is C56H78N10O6S4. The number of likely N-dealkylation sites (N-methyl/N-ethyl adjacent to an activating group) is 2. The number of carbonyl (C=O) groups excluding carboxylic acids is 6. The van der Waals surface area contributed by atoms with E-state index in [9.17, 15) is 19.2 Å². The lowest BCUT2D eigenvalue weighted by Crippen LogP contribution is -2.59. The summed E-state index contributed by atoms with van der Waals surface area (Å²) in [5, 5.41) is 19.3. The van der Waals surface area contributed by atoms with E-state index in [1.807, 2.05) is 74.1 Å². The van der Waals surface area contributed by atoms with Gasteiger partial charge in [0.25, 0.3) is 0 Å². The predicted octanol–water partition coefficient (Wildman–Crippen LogP) is 4.46. The summed E-state index contributed by atoms with van der Waals surface area (Å²) in [5.74, 6) is -0.583. The fraction of sp³-hybridized carbons (Fsp3) is 0.643. The van der Waals surface area contributed by atoms with Crippen LogP contribution < -0.4 is 31.9 Å². The number of hydrogen-bond acceptors (Lipinski definition) is 12. The van der Waals surface area contributed by atoms with Gasteiger partial charge in [0.2, 0.25) is 35.4 Å². The molecule has 12 atom stereocenters. The van der Waals surface area contributed by atoms with Gasteiger partial charge in [-0.05, 0) is 124 Å². The number of rotatable bonds is 12. The third-order valence-electron chi connectivity index (χ3n) is 17.5. The lowest BCUT2D eigenvalue weighted by atomic mass is 9.77. The number of thiocarbonyl (C=S) groups is 2. The summed E-state index contributed by atoms with van der Waals surface area (Å²) < 4.78 is 0. The topological polar surface area (TPSA) is 188 Å². The average Bonchev–Trinajstić information content (AvgIpc) is 3.73. The molecule has 412 valence electrons. The second-order valence-corrected chi connectivity index (χ2v) is 26.8. The highest BCUT2D eigenvalue weighted by Crippen LogP contribution is 2.49. The van der Waals surface area contributed by atoms with E-state index < -0.39 is 58.9 Å². The molecule has 0 saturated carbocycles. The maximum atomic E-state index is 15.0. The molecule has 16 nitrogen and oxygen atoms in total. The van der Waals surface area contributed by atoms with Crippen LogP contribution in [0.1, 0.15) is 114 Å². The van der Waals surface area contributed by atoms with Crippen LogP contribution in [-0.2, 0) is 41.6 Å². The number of aryl methyl sites for hydroxylation is 2. The largest absolute Gasteiger partial charge is 0.367 e. The lowest BCUT2D eigenvalue weighted by molar-refractivity contribution is -0.147. The number of thioether (sulfide) groups is 2. The first kappa shape index (κ1) is 56.4. The van der Waals surface area contributed by atoms with Crippen LogP contribution in [0.25, 0.3) is 0 Å². The molecule has 6 amide bonds. The number of hydrogen-bond donors (Lipinski definition) is 6. The van der Waals surface area contributed by atoms with E-state index in [0.29, 0.717) is 87.5 Å². The molecule has 20 heteroatoms. The zero-order chi connectivity index (χ0) is 54.4. The Morgan fingerprint density at radius 2 is 0.947 bits per heavy atom. The highest BCUT2D eigenvalue weighted by Gasteiger charge is 2.57. The monoisotopic (exact) mass is 1110 g/mol. The maximum absolute atomic E-state index is 15.0. The minimum atomic E-state index is -0.765. The number of nitrogens with zero attached hydrogens (tertiary/aromatic N) is 4. The van der Waals surface area contributed by atoms with Gasteiger partial charge in [-0.3, -0.25) is 28.8 Å². The van der Waals surface area contributed by atoms with E-state index in [4.69, 9.17) is 24.4 Å². The summed E-state index contributed by atoms with van der Waals surface area (Å²) in [6.45, 7) is 13.4. The van der Waals surface area contributed by atoms with Crippen molar-refractivity contribution in [3.63, 3.8) is 0 Å². The smallest absolute Gasteiger partial charge is 0.246 e. The molecule has 0 radical (unpaired) electrons. The molecular weight excluding hydrogens is 1040 g/mol. The van der Waals surface area contributed by atoms with E-state index in [1.165, 1.54) is 0 Å². The van der Waals surface area contributed by atoms with Crippen LogP contribution in [0, 0.1) is 22.7 Å². The van der Waals surface area contributed by atoms with E-state index in [1.54, 1.807) is 33.3 Å². The van der Waals surface area contributed by atoms with Gasteiger partial charge in [0, 0.05) is 26.2 Å². The molecule has 6 N–H and O–H groups in total. The number of piperazine rings is 1. The van der Waals surface area contributed by atoms with Crippen molar-refractivity contribution in [2.75, 3.05) is 51.8 Å². The Kier molecular flexibility index (Phi) is 17.2. The Labute approximate surface area is 468 Å². The van der Waals surface area contributed by atoms with Gasteiger partial charge < -0.3 is 51.5 Å². The van der Waals surface area contributed by atoms with E-state index in [0.717, 1.165) is 33.8 Å². The third kappa shape index (κ3) is 11.1. The Balaban J connectivity index is 0.897. The van der Waals surface area contributed by atoms with Gasteiger partial charge in [0.05, 0.1) is 56.7 Å². The first-order valence-corrected chi connectivity index (χ1v) is 30.3. The standard InChI is InChI=1S/C56H78N10O6S4/c1-31(57-7)49(73)59-39-21-27-75-41-29-55(3,4)45(65(41)53(39)71)47(67)61-43-35-15-11-9-13-33(35)17-19-37(43)51(69)63-23-25-64(26-24-63)52(70)38-20-18-34-14-10-12-16-36(34)44(38)62-48(68)46-56(5,6)30-42-66(46)54(72)40(22-28-76-42)60-50(74)32(2)58-8/h9-16,31-32,37-46,57-58H,17-30H2,1-8H3,(H,59,73)(H,60,74)(H,61,67)(H,62,68)/t31-,32-,37+,38+,39-,40-,41?,42?,43+,44+,45+,46+/m0/s1. The molecule has 2 aliphatic carbocycles. The van der Waals surface area contributed by atoms with Crippen molar-refractivity contribution in [3.8, 4) is 0 Å². The SMILES string of the molecule is CN[C@@H](C)C(=S)N[C@H]1CCSC2CC(C)(C)[C@@H](C(=O)N[C@@H]3c4ccccc4CC[C@H]3C(=O)N3CCN(C(=O)[C@@H]4CCc5ccccc5[C@H]4NC(=O)[C@H]4N5C(=O)[C@@H](NC(=S)[C@H](C)NC)CCSC5CC4(C)C)CC3)N2C1=O. The van der Waals surface area contributed by atoms with Crippen molar-refractivity contribution in [2.45, 2.75) is 152 Å². The minimum Gasteiger partial charge on any atom is -0.367 e. The summed E-state index contributed by atoms with van der Waals surface area (Å²) in [5.41, 5.74) is 2.89. The Bertz CT molecular complexity index is 2420. The first-order valence-electron chi connectivity index (χ1n) is 27.4. The molecule has 0 bridgehead atoms. The van der Waals surface area contributed by atoms with Crippen LogP contribution in [-0.4, -0.2) is 164 Å². The van der Waals surface area contributed by atoms with Crippen molar-refractivity contribution in [3.05, 3.63) is 70.8 Å². The van der Waals surface area contributed by atoms with Crippen LogP contribution in [0.3, 0.4) is 0 Å². The summed E-state index contributed by atoms with van der Waals surface area (Å²) >= 11 is 14.7. The van der Waals surface area contributed by atoms with E-state index in [-0.39, 0.29) is 58.3 Å². The highest BCUT2D eigenvalue weighted by atomic mass is 32.2. The van der Waals surface area contributed by atoms with E-state index >= 15 is 9.59 Å². The highest BCUT2D eigenvalue weighted by molar-refractivity contribution is 8.00. The molecule has 5 saturated heterocycles. The molecule has 2 aromatic rings. The fourth-order valence-electron chi connectivity index (χ4n) is 13.0. The molecule has 5 fully saturated rings. The quantitative estimate of drug-likeness (QED) is 0.164. The van der Waals surface area contributed by atoms with Crippen molar-refractivity contribution in [2.24, 2.45) is 22.7 Å². The summed E-state index contributed by atoms with van der Waals surface area (Å²) in [6, 6.07) is 11.8. The van der Waals surface area contributed by atoms with Crippen LogP contribution >= 0.6 is 48.0 Å². The molecule has 2 unspecified atom stereocenters. The Hall–Kier alpha value is -4.34. The first-order chi connectivity index (χ1) is 36.2. The van der Waals surface area contributed by atoms with Gasteiger partial charge >= 0.3 is 0 Å². The number of carbonyl (C=O) groups is 6. The molecule has 0 aromatic heterocycles. The maximum Gasteiger partial charge on any atom is 0.246 e. The van der Waals surface area contributed by atoms with Gasteiger partial charge in [0.15, 0.2) is 0 Å². The zero-order valence-electron chi connectivity index (χ0n) is 45.3. The van der Waals surface area contributed by atoms with Crippen LogP contribution in [0.2, 0.25) is 0 Å². The van der Waals surface area contributed by atoms with Crippen LogP contribution in [0.15, 0.2) is 48.5 Å². The second kappa shape index (κ2) is 23.2. The van der Waals surface area contributed by atoms with Crippen molar-refractivity contribution >= 4 is 93.4 Å². The molecule has 9 rings (SSSR count). The lowest BCUT2D eigenvalue weighted by Gasteiger charge is -2.43. The summed E-state index contributed by atoms with van der Waals surface area (Å²) in [4.78, 5) is 97.3. The third-order valence-corrected chi connectivity index (χ3v) is 21.0. The van der Waals surface area contributed by atoms with Crippen LogP contribution in [0.5, 0.6) is 0 Å². The van der Waals surface area contributed by atoms with Crippen molar-refractivity contribution in [1.82, 2.24) is 51.5 Å². The molecule has 0 spiro atoms. The predicted molar refractivity (Wildman–Crippen MR) is 307 cm³/mol. The number of benzene rings is 2. The number of nitrogens with one attached hydrogen (secondary N) is 6. The Morgan fingerprint density at radius 3 is 1.32 bits per heavy atom. The van der Waals surface area contributed by atoms with Gasteiger partial charge in [-0.25, -0.2) is 0 Å². The summed E-state index contributed by atoms with van der Waals surface area (Å²) in [7, 11) is 3.65. The summed E-state index contributed by atoms with van der Waals surface area (Å²) in [6.07, 6.45) is 4.91. The minimum absolute atomic E-state index is 0.0699. The van der Waals surface area contributed by atoms with Gasteiger partial charge in [-0.2, -0.15) is 0 Å². The van der Waals surface area contributed by atoms with Crippen molar-refractivity contribution in [1.29, 1.82) is 0 Å². The Morgan fingerprint density at radius 1 is 0.579 bits per heavy atom. The van der Waals surface area contributed by atoms with Crippen LogP contribution in [0.4, 0.5) is 0 Å². The molecule has 5 heterocycles. The number of fused-ring (bicyclic) bond motifs is 4. The second-order valence-electron chi connectivity index (χ2n) is 23.4. The van der Waals surface area contributed by atoms with E-state index in [2.05, 4.69) is 71.7 Å². The number of amides is 6. The molecule has 5 aliphatic heterocycles.